The molecule has 2 nitrogen and oxygen atoms in total. The van der Waals surface area contributed by atoms with Gasteiger partial charge >= 0.3 is 0 Å². The zero-order chi connectivity index (χ0) is 15.2. The van der Waals surface area contributed by atoms with Crippen LogP contribution in [0.3, 0.4) is 0 Å². The highest BCUT2D eigenvalue weighted by molar-refractivity contribution is 6.30. The van der Waals surface area contributed by atoms with E-state index in [4.69, 9.17) is 16.3 Å². The van der Waals surface area contributed by atoms with Crippen molar-refractivity contribution in [2.75, 3.05) is 6.61 Å². The third-order valence-corrected chi connectivity index (χ3v) is 3.40. The Kier molecular flexibility index (Phi) is 5.59. The van der Waals surface area contributed by atoms with Gasteiger partial charge in [0.2, 0.25) is 0 Å². The third-order valence-electron chi connectivity index (χ3n) is 3.17. The highest BCUT2D eigenvalue weighted by atomic mass is 35.5. The van der Waals surface area contributed by atoms with E-state index in [0.29, 0.717) is 23.7 Å². The van der Waals surface area contributed by atoms with Gasteiger partial charge in [0.1, 0.15) is 18.2 Å². The van der Waals surface area contributed by atoms with Crippen LogP contribution < -0.4 is 10.1 Å². The van der Waals surface area contributed by atoms with E-state index in [0.717, 1.165) is 5.75 Å². The molecule has 0 saturated carbocycles. The summed E-state index contributed by atoms with van der Waals surface area (Å²) in [6.45, 7) is 4.97. The normalized spacial score (nSPS) is 12.2. The molecule has 1 N–H and O–H groups in total. The van der Waals surface area contributed by atoms with E-state index in [1.165, 1.54) is 11.6 Å². The van der Waals surface area contributed by atoms with Gasteiger partial charge in [-0.25, -0.2) is 4.39 Å². The standard InChI is InChI=1S/C17H19ClFNO/c1-12-3-6-16(7-4-12)21-11-13(2)20-10-14-9-15(18)5-8-17(14)19/h3-9,13,20H,10-11H2,1-2H3. The molecule has 0 aromatic heterocycles. The fourth-order valence-electron chi connectivity index (χ4n) is 1.88. The Labute approximate surface area is 129 Å². The van der Waals surface area contributed by atoms with Gasteiger partial charge in [-0.2, -0.15) is 0 Å². The van der Waals surface area contributed by atoms with Crippen LogP contribution in [0.1, 0.15) is 18.1 Å². The van der Waals surface area contributed by atoms with Crippen LogP contribution in [0.2, 0.25) is 5.02 Å². The highest BCUT2D eigenvalue weighted by Crippen LogP contribution is 2.15. The average molecular weight is 308 g/mol. The van der Waals surface area contributed by atoms with Crippen molar-refractivity contribution in [1.82, 2.24) is 5.32 Å². The fourth-order valence-corrected chi connectivity index (χ4v) is 2.07. The van der Waals surface area contributed by atoms with E-state index in [9.17, 15) is 4.39 Å². The average Bonchev–Trinajstić information content (AvgIpc) is 2.47. The molecule has 2 rings (SSSR count). The molecule has 0 fully saturated rings. The summed E-state index contributed by atoms with van der Waals surface area (Å²) >= 11 is 5.87. The van der Waals surface area contributed by atoms with Crippen LogP contribution >= 0.6 is 11.6 Å². The lowest BCUT2D eigenvalue weighted by atomic mass is 10.2. The molecular formula is C17H19ClFNO. The van der Waals surface area contributed by atoms with Crippen molar-refractivity contribution < 1.29 is 9.13 Å². The van der Waals surface area contributed by atoms with E-state index in [2.05, 4.69) is 5.32 Å². The summed E-state index contributed by atoms with van der Waals surface area (Å²) in [5.41, 5.74) is 1.76. The zero-order valence-electron chi connectivity index (χ0n) is 12.2. The number of nitrogens with one attached hydrogen (secondary N) is 1. The number of ether oxygens (including phenoxy) is 1. The van der Waals surface area contributed by atoms with E-state index >= 15 is 0 Å². The van der Waals surface area contributed by atoms with Gasteiger partial charge in [-0.3, -0.25) is 0 Å². The maximum Gasteiger partial charge on any atom is 0.127 e. The number of halogens is 2. The molecule has 0 spiro atoms. The van der Waals surface area contributed by atoms with Gasteiger partial charge < -0.3 is 10.1 Å². The Morgan fingerprint density at radius 1 is 1.19 bits per heavy atom. The minimum atomic E-state index is -0.251. The first-order valence-corrected chi connectivity index (χ1v) is 7.29. The van der Waals surface area contributed by atoms with Gasteiger partial charge in [-0.15, -0.1) is 0 Å². The van der Waals surface area contributed by atoms with Crippen LogP contribution in [0.15, 0.2) is 42.5 Å². The maximum atomic E-state index is 13.6. The first-order chi connectivity index (χ1) is 10.0. The Hall–Kier alpha value is -1.58. The minimum Gasteiger partial charge on any atom is -0.492 e. The number of benzene rings is 2. The van der Waals surface area contributed by atoms with Crippen LogP contribution in [-0.4, -0.2) is 12.6 Å². The molecule has 1 atom stereocenters. The molecule has 0 aliphatic heterocycles. The van der Waals surface area contributed by atoms with Crippen molar-refractivity contribution in [3.05, 3.63) is 64.4 Å². The molecular weight excluding hydrogens is 289 g/mol. The Balaban J connectivity index is 1.80. The van der Waals surface area contributed by atoms with Gasteiger partial charge in [0.15, 0.2) is 0 Å². The van der Waals surface area contributed by atoms with Crippen LogP contribution in [0.4, 0.5) is 4.39 Å². The van der Waals surface area contributed by atoms with Crippen molar-refractivity contribution in [1.29, 1.82) is 0 Å². The van der Waals surface area contributed by atoms with Gasteiger partial charge in [0.25, 0.3) is 0 Å². The first-order valence-electron chi connectivity index (χ1n) is 6.91. The molecule has 0 bridgehead atoms. The van der Waals surface area contributed by atoms with E-state index < -0.39 is 0 Å². The summed E-state index contributed by atoms with van der Waals surface area (Å²) in [6.07, 6.45) is 0. The monoisotopic (exact) mass is 307 g/mol. The maximum absolute atomic E-state index is 13.6. The predicted octanol–water partition coefficient (Wildman–Crippen LogP) is 4.34. The first kappa shape index (κ1) is 15.8. The Morgan fingerprint density at radius 2 is 1.90 bits per heavy atom. The predicted molar refractivity (Wildman–Crippen MR) is 84.4 cm³/mol. The second kappa shape index (κ2) is 7.43. The van der Waals surface area contributed by atoms with Crippen molar-refractivity contribution in [2.45, 2.75) is 26.4 Å². The molecule has 0 heterocycles. The van der Waals surface area contributed by atoms with Gasteiger partial charge in [0.05, 0.1) is 0 Å². The summed E-state index contributed by atoms with van der Waals surface area (Å²) in [6, 6.07) is 12.6. The molecule has 112 valence electrons. The highest BCUT2D eigenvalue weighted by Gasteiger charge is 2.06. The smallest absolute Gasteiger partial charge is 0.127 e. The molecule has 0 saturated heterocycles. The molecule has 2 aromatic carbocycles. The van der Waals surface area contributed by atoms with E-state index in [1.54, 1.807) is 12.1 Å². The topological polar surface area (TPSA) is 21.3 Å². The van der Waals surface area contributed by atoms with Crippen molar-refractivity contribution in [2.24, 2.45) is 0 Å². The van der Waals surface area contributed by atoms with Crippen molar-refractivity contribution in [3.63, 3.8) is 0 Å². The van der Waals surface area contributed by atoms with Crippen molar-refractivity contribution >= 4 is 11.6 Å². The van der Waals surface area contributed by atoms with Crippen LogP contribution in [0.25, 0.3) is 0 Å². The second-order valence-corrected chi connectivity index (χ2v) is 5.58. The minimum absolute atomic E-state index is 0.102. The number of rotatable bonds is 6. The summed E-state index contributed by atoms with van der Waals surface area (Å²) < 4.78 is 19.3. The molecule has 4 heteroatoms. The Morgan fingerprint density at radius 3 is 2.62 bits per heavy atom. The molecule has 0 amide bonds. The lowest BCUT2D eigenvalue weighted by molar-refractivity contribution is 0.272. The molecule has 0 aliphatic rings. The van der Waals surface area contributed by atoms with E-state index in [-0.39, 0.29) is 11.9 Å². The largest absolute Gasteiger partial charge is 0.492 e. The van der Waals surface area contributed by atoms with Crippen LogP contribution in [0, 0.1) is 12.7 Å². The lowest BCUT2D eigenvalue weighted by Gasteiger charge is -2.15. The molecule has 2 aromatic rings. The third kappa shape index (κ3) is 5.03. The SMILES string of the molecule is Cc1ccc(OCC(C)NCc2cc(Cl)ccc2F)cc1. The van der Waals surface area contributed by atoms with E-state index in [1.807, 2.05) is 38.1 Å². The Bertz CT molecular complexity index is 586. The van der Waals surface area contributed by atoms with Gasteiger partial charge in [0, 0.05) is 23.2 Å². The zero-order valence-corrected chi connectivity index (χ0v) is 13.0. The number of aryl methyl sites for hydroxylation is 1. The fraction of sp³-hybridized carbons (Fsp3) is 0.294. The number of hydrogen-bond donors (Lipinski definition) is 1. The molecule has 0 aliphatic carbocycles. The summed E-state index contributed by atoms with van der Waals surface area (Å²) in [4.78, 5) is 0. The van der Waals surface area contributed by atoms with Gasteiger partial charge in [-0.05, 0) is 44.2 Å². The summed E-state index contributed by atoms with van der Waals surface area (Å²) in [7, 11) is 0. The summed E-state index contributed by atoms with van der Waals surface area (Å²) in [5.74, 6) is 0.585. The quantitative estimate of drug-likeness (QED) is 0.857. The second-order valence-electron chi connectivity index (χ2n) is 5.14. The number of hydrogen-bond acceptors (Lipinski definition) is 2. The van der Waals surface area contributed by atoms with Gasteiger partial charge in [-0.1, -0.05) is 29.3 Å². The van der Waals surface area contributed by atoms with Crippen LogP contribution in [0.5, 0.6) is 5.75 Å². The lowest BCUT2D eigenvalue weighted by Crippen LogP contribution is -2.31. The van der Waals surface area contributed by atoms with Crippen LogP contribution in [-0.2, 0) is 6.54 Å². The molecule has 1 unspecified atom stereocenters. The van der Waals surface area contributed by atoms with Crippen molar-refractivity contribution in [3.8, 4) is 5.75 Å². The molecule has 21 heavy (non-hydrogen) atoms. The summed E-state index contributed by atoms with van der Waals surface area (Å²) in [5, 5.41) is 3.76. The molecule has 0 radical (unpaired) electrons.